The molecule has 2 rings (SSSR count). The minimum absolute atomic E-state index is 0.218. The zero-order chi connectivity index (χ0) is 14.6. The third-order valence-electron chi connectivity index (χ3n) is 2.85. The molecule has 0 atom stereocenters. The maximum Gasteiger partial charge on any atom is 0.207 e. The molecule has 20 heavy (non-hydrogen) atoms. The number of hydrogen-bond donors (Lipinski definition) is 0. The van der Waals surface area contributed by atoms with Crippen molar-refractivity contribution in [2.24, 2.45) is 0 Å². The minimum atomic E-state index is -3.58. The Balaban J connectivity index is 2.66. The van der Waals surface area contributed by atoms with E-state index in [0.29, 0.717) is 5.56 Å². The molecule has 0 aromatic heterocycles. The van der Waals surface area contributed by atoms with Crippen molar-refractivity contribution in [3.05, 3.63) is 65.7 Å². The van der Waals surface area contributed by atoms with Crippen LogP contribution in [-0.4, -0.2) is 8.42 Å². The van der Waals surface area contributed by atoms with Crippen molar-refractivity contribution in [2.45, 2.75) is 16.7 Å². The molecule has 3 nitrogen and oxygen atoms in total. The quantitative estimate of drug-likeness (QED) is 0.811. The van der Waals surface area contributed by atoms with Crippen LogP contribution < -0.4 is 0 Å². The second-order valence-electron chi connectivity index (χ2n) is 4.32. The van der Waals surface area contributed by atoms with Crippen LogP contribution in [-0.2, 0) is 9.84 Å². The van der Waals surface area contributed by atoms with Crippen LogP contribution in [0.2, 0.25) is 0 Å². The summed E-state index contributed by atoms with van der Waals surface area (Å²) in [5.41, 5.74) is 1.37. The Morgan fingerprint density at radius 1 is 1.10 bits per heavy atom. The van der Waals surface area contributed by atoms with E-state index < -0.39 is 9.84 Å². The average Bonchev–Trinajstić information content (AvgIpc) is 2.47. The molecule has 2 aromatic carbocycles. The van der Waals surface area contributed by atoms with Crippen molar-refractivity contribution in [3.8, 4) is 6.07 Å². The summed E-state index contributed by atoms with van der Waals surface area (Å²) in [4.78, 5) is 0.465. The molecule has 0 radical (unpaired) electrons. The molecular weight excluding hydrogens is 270 g/mol. The highest BCUT2D eigenvalue weighted by atomic mass is 32.2. The minimum Gasteiger partial charge on any atom is -0.218 e. The van der Waals surface area contributed by atoms with E-state index in [2.05, 4.69) is 0 Å². The van der Waals surface area contributed by atoms with E-state index in [4.69, 9.17) is 5.26 Å². The normalized spacial score (nSPS) is 11.4. The van der Waals surface area contributed by atoms with Crippen molar-refractivity contribution >= 4 is 15.9 Å². The van der Waals surface area contributed by atoms with Gasteiger partial charge < -0.3 is 0 Å². The van der Waals surface area contributed by atoms with Crippen molar-refractivity contribution < 1.29 is 8.42 Å². The van der Waals surface area contributed by atoms with Crippen molar-refractivity contribution in [2.75, 3.05) is 0 Å². The Labute approximate surface area is 118 Å². The summed E-state index contributed by atoms with van der Waals surface area (Å²) in [6.45, 7) is 1.84. The van der Waals surface area contributed by atoms with Crippen molar-refractivity contribution in [1.82, 2.24) is 0 Å². The monoisotopic (exact) mass is 283 g/mol. The van der Waals surface area contributed by atoms with Gasteiger partial charge in [-0.2, -0.15) is 5.26 Å². The van der Waals surface area contributed by atoms with Gasteiger partial charge in [-0.1, -0.05) is 30.3 Å². The lowest BCUT2D eigenvalue weighted by atomic mass is 10.1. The smallest absolute Gasteiger partial charge is 0.207 e. The number of nitriles is 1. The van der Waals surface area contributed by atoms with Gasteiger partial charge in [0, 0.05) is 6.08 Å². The summed E-state index contributed by atoms with van der Waals surface area (Å²) in [7, 11) is -3.58. The number of benzene rings is 2. The highest BCUT2D eigenvalue weighted by molar-refractivity contribution is 7.91. The average molecular weight is 283 g/mol. The topological polar surface area (TPSA) is 57.9 Å². The number of hydrogen-bond acceptors (Lipinski definition) is 3. The van der Waals surface area contributed by atoms with E-state index >= 15 is 0 Å². The zero-order valence-corrected chi connectivity index (χ0v) is 11.8. The van der Waals surface area contributed by atoms with Crippen LogP contribution in [0.25, 0.3) is 6.08 Å². The van der Waals surface area contributed by atoms with Gasteiger partial charge in [0.25, 0.3) is 0 Å². The standard InChI is InChI=1S/C16H13NO2S/c1-13-9-10-14(6-5-11-17)16(12-13)20(18,19)15-7-3-2-4-8-15/h2-10,12H,1H3/b6-5+. The molecule has 4 heteroatoms. The van der Waals surface area contributed by atoms with E-state index in [1.54, 1.807) is 42.5 Å². The molecule has 0 N–H and O–H groups in total. The predicted octanol–water partition coefficient (Wildman–Crippen LogP) is 3.36. The van der Waals surface area contributed by atoms with E-state index in [1.165, 1.54) is 12.2 Å². The lowest BCUT2D eigenvalue weighted by Crippen LogP contribution is -2.04. The highest BCUT2D eigenvalue weighted by Gasteiger charge is 2.20. The largest absolute Gasteiger partial charge is 0.218 e. The van der Waals surface area contributed by atoms with E-state index in [-0.39, 0.29) is 9.79 Å². The first-order valence-corrected chi connectivity index (χ1v) is 7.51. The summed E-state index contributed by atoms with van der Waals surface area (Å²) >= 11 is 0. The van der Waals surface area contributed by atoms with Gasteiger partial charge in [0.15, 0.2) is 0 Å². The van der Waals surface area contributed by atoms with Crippen LogP contribution in [0, 0.1) is 18.3 Å². The number of allylic oxidation sites excluding steroid dienone is 1. The molecule has 0 aliphatic carbocycles. The highest BCUT2D eigenvalue weighted by Crippen LogP contribution is 2.26. The van der Waals surface area contributed by atoms with Gasteiger partial charge in [-0.25, -0.2) is 8.42 Å². The summed E-state index contributed by atoms with van der Waals surface area (Å²) in [5, 5.41) is 8.61. The molecule has 2 aromatic rings. The number of nitrogens with zero attached hydrogens (tertiary/aromatic N) is 1. The molecule has 0 saturated carbocycles. The second-order valence-corrected chi connectivity index (χ2v) is 6.24. The Bertz CT molecular complexity index is 785. The van der Waals surface area contributed by atoms with Gasteiger partial charge in [-0.3, -0.25) is 0 Å². The molecule has 0 heterocycles. The fourth-order valence-corrected chi connectivity index (χ4v) is 3.42. The number of rotatable bonds is 3. The molecule has 0 bridgehead atoms. The number of aryl methyl sites for hydroxylation is 1. The van der Waals surface area contributed by atoms with Crippen LogP contribution in [0.1, 0.15) is 11.1 Å². The van der Waals surface area contributed by atoms with Gasteiger partial charge in [0.2, 0.25) is 9.84 Å². The van der Waals surface area contributed by atoms with E-state index in [9.17, 15) is 8.42 Å². The lowest BCUT2D eigenvalue weighted by Gasteiger charge is -2.09. The molecule has 100 valence electrons. The first-order valence-electron chi connectivity index (χ1n) is 6.02. The van der Waals surface area contributed by atoms with Crippen LogP contribution in [0.3, 0.4) is 0 Å². The van der Waals surface area contributed by atoms with Gasteiger partial charge >= 0.3 is 0 Å². The van der Waals surface area contributed by atoms with Crippen molar-refractivity contribution in [3.63, 3.8) is 0 Å². The summed E-state index contributed by atoms with van der Waals surface area (Å²) in [6.07, 6.45) is 2.78. The van der Waals surface area contributed by atoms with Gasteiger partial charge in [-0.15, -0.1) is 0 Å². The van der Waals surface area contributed by atoms with Crippen LogP contribution in [0.4, 0.5) is 0 Å². The molecule has 0 saturated heterocycles. The number of sulfone groups is 1. The lowest BCUT2D eigenvalue weighted by molar-refractivity contribution is 0.596. The zero-order valence-electron chi connectivity index (χ0n) is 10.9. The van der Waals surface area contributed by atoms with Crippen LogP contribution in [0.5, 0.6) is 0 Å². The molecule has 0 aliphatic rings. The second kappa shape index (κ2) is 5.72. The SMILES string of the molecule is Cc1ccc(/C=C/C#N)c(S(=O)(=O)c2ccccc2)c1. The Hall–Kier alpha value is -2.38. The van der Waals surface area contributed by atoms with E-state index in [1.807, 2.05) is 19.1 Å². The van der Waals surface area contributed by atoms with Gasteiger partial charge in [0.05, 0.1) is 15.9 Å². The summed E-state index contributed by atoms with van der Waals surface area (Å²) in [6, 6.07) is 15.3. The van der Waals surface area contributed by atoms with Crippen molar-refractivity contribution in [1.29, 1.82) is 5.26 Å². The Kier molecular flexibility index (Phi) is 4.02. The van der Waals surface area contributed by atoms with Gasteiger partial charge in [-0.05, 0) is 42.3 Å². The first-order chi connectivity index (χ1) is 9.55. The molecule has 0 spiro atoms. The molecule has 0 aliphatic heterocycles. The van der Waals surface area contributed by atoms with Crippen LogP contribution in [0.15, 0.2) is 64.4 Å². The third kappa shape index (κ3) is 2.79. The fraction of sp³-hybridized carbons (Fsp3) is 0.0625. The Morgan fingerprint density at radius 3 is 2.45 bits per heavy atom. The summed E-state index contributed by atoms with van der Waals surface area (Å²) in [5.74, 6) is 0. The summed E-state index contributed by atoms with van der Waals surface area (Å²) < 4.78 is 25.3. The molecule has 0 unspecified atom stereocenters. The first kappa shape index (κ1) is 14.0. The predicted molar refractivity (Wildman–Crippen MR) is 77.7 cm³/mol. The van der Waals surface area contributed by atoms with E-state index in [0.717, 1.165) is 5.56 Å². The maximum absolute atomic E-state index is 12.7. The Morgan fingerprint density at radius 2 is 1.80 bits per heavy atom. The third-order valence-corrected chi connectivity index (χ3v) is 4.67. The molecule has 0 amide bonds. The maximum atomic E-state index is 12.7. The van der Waals surface area contributed by atoms with Gasteiger partial charge in [0.1, 0.15) is 0 Å². The fourth-order valence-electron chi connectivity index (χ4n) is 1.87. The molecular formula is C16H13NO2S. The van der Waals surface area contributed by atoms with Crippen LogP contribution >= 0.6 is 0 Å². The molecule has 0 fully saturated rings.